The first-order valence-electron chi connectivity index (χ1n) is 5.35. The van der Waals surface area contributed by atoms with Gasteiger partial charge in [-0.1, -0.05) is 0 Å². The molecule has 3 nitrogen and oxygen atoms in total. The third kappa shape index (κ3) is 2.57. The minimum Gasteiger partial charge on any atom is -0.326 e. The Morgan fingerprint density at radius 1 is 1.50 bits per heavy atom. The molecular formula is C12H14FN3. The van der Waals surface area contributed by atoms with Gasteiger partial charge >= 0.3 is 0 Å². The molecular weight excluding hydrogens is 205 g/mol. The zero-order chi connectivity index (χ0) is 11.5. The average molecular weight is 219 g/mol. The SMILES string of the molecule is N#Cc1cc(F)cc(CN2CCC(N)C2)c1. The van der Waals surface area contributed by atoms with Crippen molar-refractivity contribution in [1.82, 2.24) is 4.90 Å². The highest BCUT2D eigenvalue weighted by Crippen LogP contribution is 2.14. The van der Waals surface area contributed by atoms with Gasteiger partial charge in [0.25, 0.3) is 0 Å². The molecule has 1 fully saturated rings. The first kappa shape index (κ1) is 11.1. The van der Waals surface area contributed by atoms with Crippen molar-refractivity contribution >= 4 is 0 Å². The standard InChI is InChI=1S/C12H14FN3/c13-11-4-9(6-14)3-10(5-11)7-16-2-1-12(15)8-16/h3-5,12H,1-2,7-8,15H2. The molecule has 1 saturated heterocycles. The van der Waals surface area contributed by atoms with Crippen LogP contribution in [0.2, 0.25) is 0 Å². The summed E-state index contributed by atoms with van der Waals surface area (Å²) in [6, 6.07) is 6.64. The number of nitrogens with zero attached hydrogens (tertiary/aromatic N) is 2. The second-order valence-corrected chi connectivity index (χ2v) is 4.24. The second kappa shape index (κ2) is 4.60. The van der Waals surface area contributed by atoms with Gasteiger partial charge in [-0.15, -0.1) is 0 Å². The molecule has 0 aliphatic carbocycles. The Labute approximate surface area is 94.3 Å². The van der Waals surface area contributed by atoms with Gasteiger partial charge in [-0.25, -0.2) is 4.39 Å². The summed E-state index contributed by atoms with van der Waals surface area (Å²) >= 11 is 0. The van der Waals surface area contributed by atoms with Crippen molar-refractivity contribution in [3.8, 4) is 6.07 Å². The van der Waals surface area contributed by atoms with E-state index in [0.717, 1.165) is 25.1 Å². The summed E-state index contributed by atoms with van der Waals surface area (Å²) < 4.78 is 13.2. The third-order valence-electron chi connectivity index (χ3n) is 2.80. The molecule has 0 bridgehead atoms. The summed E-state index contributed by atoms with van der Waals surface area (Å²) in [4.78, 5) is 2.18. The maximum Gasteiger partial charge on any atom is 0.124 e. The largest absolute Gasteiger partial charge is 0.326 e. The van der Waals surface area contributed by atoms with Crippen LogP contribution in [0.4, 0.5) is 4.39 Å². The molecule has 0 radical (unpaired) electrons. The van der Waals surface area contributed by atoms with E-state index in [-0.39, 0.29) is 11.9 Å². The van der Waals surface area contributed by atoms with Crippen molar-refractivity contribution in [2.24, 2.45) is 5.73 Å². The van der Waals surface area contributed by atoms with Gasteiger partial charge in [-0.2, -0.15) is 5.26 Å². The number of hydrogen-bond acceptors (Lipinski definition) is 3. The van der Waals surface area contributed by atoms with E-state index in [4.69, 9.17) is 11.0 Å². The second-order valence-electron chi connectivity index (χ2n) is 4.24. The van der Waals surface area contributed by atoms with Gasteiger partial charge in [0.1, 0.15) is 5.82 Å². The van der Waals surface area contributed by atoms with Crippen LogP contribution in [0, 0.1) is 17.1 Å². The highest BCUT2D eigenvalue weighted by molar-refractivity contribution is 5.33. The van der Waals surface area contributed by atoms with Crippen molar-refractivity contribution in [2.45, 2.75) is 19.0 Å². The van der Waals surface area contributed by atoms with Crippen molar-refractivity contribution in [3.63, 3.8) is 0 Å². The Bertz CT molecular complexity index is 425. The molecule has 1 aromatic carbocycles. The molecule has 0 amide bonds. The fourth-order valence-electron chi connectivity index (χ4n) is 2.07. The minimum atomic E-state index is -0.349. The third-order valence-corrected chi connectivity index (χ3v) is 2.80. The average Bonchev–Trinajstić information content (AvgIpc) is 2.63. The number of halogens is 1. The van der Waals surface area contributed by atoms with E-state index in [1.165, 1.54) is 12.1 Å². The molecule has 2 N–H and O–H groups in total. The van der Waals surface area contributed by atoms with Crippen molar-refractivity contribution in [1.29, 1.82) is 5.26 Å². The highest BCUT2D eigenvalue weighted by Gasteiger charge is 2.19. The first-order chi connectivity index (χ1) is 7.67. The molecule has 1 aromatic rings. The number of rotatable bonds is 2. The maximum absolute atomic E-state index is 13.2. The van der Waals surface area contributed by atoms with E-state index in [1.807, 2.05) is 6.07 Å². The summed E-state index contributed by atoms with van der Waals surface area (Å²) in [5.41, 5.74) is 7.01. The fraction of sp³-hybridized carbons (Fsp3) is 0.417. The van der Waals surface area contributed by atoms with Crippen LogP contribution in [0.1, 0.15) is 17.5 Å². The minimum absolute atomic E-state index is 0.226. The van der Waals surface area contributed by atoms with Crippen molar-refractivity contribution in [2.75, 3.05) is 13.1 Å². The van der Waals surface area contributed by atoms with Gasteiger partial charge in [0.2, 0.25) is 0 Å². The van der Waals surface area contributed by atoms with E-state index < -0.39 is 0 Å². The van der Waals surface area contributed by atoms with Crippen LogP contribution in [-0.4, -0.2) is 24.0 Å². The monoisotopic (exact) mass is 219 g/mol. The van der Waals surface area contributed by atoms with Crippen LogP contribution in [-0.2, 0) is 6.54 Å². The lowest BCUT2D eigenvalue weighted by Crippen LogP contribution is -2.26. The highest BCUT2D eigenvalue weighted by atomic mass is 19.1. The Hall–Kier alpha value is -1.44. The topological polar surface area (TPSA) is 53.0 Å². The number of nitrogens with two attached hydrogens (primary N) is 1. The molecule has 1 aliphatic heterocycles. The van der Waals surface area contributed by atoms with Crippen LogP contribution >= 0.6 is 0 Å². The predicted octanol–water partition coefficient (Wildman–Crippen LogP) is 1.23. The molecule has 0 spiro atoms. The Balaban J connectivity index is 2.10. The van der Waals surface area contributed by atoms with Crippen LogP contribution in [0.25, 0.3) is 0 Å². The van der Waals surface area contributed by atoms with E-state index in [0.29, 0.717) is 12.1 Å². The summed E-state index contributed by atoms with van der Waals surface area (Å²) in [5, 5.41) is 8.74. The Kier molecular flexibility index (Phi) is 3.18. The first-order valence-corrected chi connectivity index (χ1v) is 5.35. The van der Waals surface area contributed by atoms with Gasteiger partial charge in [0, 0.05) is 25.7 Å². The van der Waals surface area contributed by atoms with Crippen molar-refractivity contribution < 1.29 is 4.39 Å². The van der Waals surface area contributed by atoms with Gasteiger partial charge in [-0.05, 0) is 30.2 Å². The molecule has 0 saturated carbocycles. The normalized spacial score (nSPS) is 20.9. The lowest BCUT2D eigenvalue weighted by atomic mass is 10.1. The number of benzene rings is 1. The van der Waals surface area contributed by atoms with Crippen molar-refractivity contribution in [3.05, 3.63) is 35.1 Å². The van der Waals surface area contributed by atoms with Crippen LogP contribution in [0.5, 0.6) is 0 Å². The molecule has 1 unspecified atom stereocenters. The zero-order valence-electron chi connectivity index (χ0n) is 8.99. The van der Waals surface area contributed by atoms with E-state index in [2.05, 4.69) is 4.90 Å². The molecule has 2 rings (SSSR count). The lowest BCUT2D eigenvalue weighted by Gasteiger charge is -2.15. The van der Waals surface area contributed by atoms with Gasteiger partial charge < -0.3 is 5.73 Å². The lowest BCUT2D eigenvalue weighted by molar-refractivity contribution is 0.326. The quantitative estimate of drug-likeness (QED) is 0.814. The number of likely N-dealkylation sites (tertiary alicyclic amines) is 1. The van der Waals surface area contributed by atoms with E-state index in [9.17, 15) is 4.39 Å². The van der Waals surface area contributed by atoms with E-state index in [1.54, 1.807) is 6.07 Å². The number of hydrogen-bond donors (Lipinski definition) is 1. The summed E-state index contributed by atoms with van der Waals surface area (Å²) in [5.74, 6) is -0.349. The zero-order valence-corrected chi connectivity index (χ0v) is 8.99. The molecule has 0 aromatic heterocycles. The maximum atomic E-state index is 13.2. The van der Waals surface area contributed by atoms with Crippen LogP contribution in [0.3, 0.4) is 0 Å². The van der Waals surface area contributed by atoms with Gasteiger partial charge in [-0.3, -0.25) is 4.90 Å². The fourth-order valence-corrected chi connectivity index (χ4v) is 2.07. The van der Waals surface area contributed by atoms with Crippen LogP contribution in [0.15, 0.2) is 18.2 Å². The molecule has 1 heterocycles. The molecule has 16 heavy (non-hydrogen) atoms. The predicted molar refractivity (Wildman–Crippen MR) is 59.0 cm³/mol. The Morgan fingerprint density at radius 2 is 2.31 bits per heavy atom. The summed E-state index contributed by atoms with van der Waals surface area (Å²) in [6.07, 6.45) is 0.987. The van der Waals surface area contributed by atoms with Gasteiger partial charge in [0.15, 0.2) is 0 Å². The molecule has 4 heteroatoms. The molecule has 1 aliphatic rings. The van der Waals surface area contributed by atoms with Gasteiger partial charge in [0.05, 0.1) is 11.6 Å². The molecule has 84 valence electrons. The summed E-state index contributed by atoms with van der Waals surface area (Å²) in [7, 11) is 0. The summed E-state index contributed by atoms with van der Waals surface area (Å²) in [6.45, 7) is 2.46. The smallest absolute Gasteiger partial charge is 0.124 e. The van der Waals surface area contributed by atoms with Crippen LogP contribution < -0.4 is 5.73 Å². The molecule has 1 atom stereocenters. The van der Waals surface area contributed by atoms with E-state index >= 15 is 0 Å². The Morgan fingerprint density at radius 3 is 2.94 bits per heavy atom. The number of nitriles is 1.